The molecule has 0 spiro atoms. The summed E-state index contributed by atoms with van der Waals surface area (Å²) in [5.41, 5.74) is 1.95. The van der Waals surface area contributed by atoms with Crippen LogP contribution < -0.4 is 16.0 Å². The molecule has 0 saturated heterocycles. The van der Waals surface area contributed by atoms with E-state index in [-0.39, 0.29) is 5.91 Å². The summed E-state index contributed by atoms with van der Waals surface area (Å²) in [4.78, 5) is 15.9. The van der Waals surface area contributed by atoms with Crippen molar-refractivity contribution < 1.29 is 4.79 Å². The van der Waals surface area contributed by atoms with E-state index in [9.17, 15) is 4.79 Å². The van der Waals surface area contributed by atoms with Crippen LogP contribution in [0.4, 0.5) is 17.3 Å². The van der Waals surface area contributed by atoms with E-state index >= 15 is 0 Å². The second kappa shape index (κ2) is 10.2. The first kappa shape index (κ1) is 19.6. The zero-order valence-corrected chi connectivity index (χ0v) is 16.0. The average molecular weight is 397 g/mol. The highest BCUT2D eigenvalue weighted by atomic mass is 35.5. The molecule has 1 aromatic carbocycles. The van der Waals surface area contributed by atoms with Crippen molar-refractivity contribution in [3.63, 3.8) is 0 Å². The van der Waals surface area contributed by atoms with Gasteiger partial charge in [0.25, 0.3) is 0 Å². The van der Waals surface area contributed by atoms with E-state index in [4.69, 9.17) is 11.6 Å². The predicted octanol–water partition coefficient (Wildman–Crippen LogP) is 3.43. The summed E-state index contributed by atoms with van der Waals surface area (Å²) in [5, 5.41) is 18.1. The summed E-state index contributed by atoms with van der Waals surface area (Å²) in [6, 6.07) is 14.9. The summed E-state index contributed by atoms with van der Waals surface area (Å²) >= 11 is 5.94. The maximum Gasteiger partial charge on any atom is 0.220 e. The summed E-state index contributed by atoms with van der Waals surface area (Å²) < 4.78 is 0. The third kappa shape index (κ3) is 6.51. The Balaban J connectivity index is 1.34. The summed E-state index contributed by atoms with van der Waals surface area (Å²) in [5.74, 6) is 1.30. The molecule has 0 bridgehead atoms. The fourth-order valence-corrected chi connectivity index (χ4v) is 2.72. The molecule has 0 fully saturated rings. The molecule has 144 valence electrons. The molecule has 8 heteroatoms. The third-order valence-electron chi connectivity index (χ3n) is 3.90. The summed E-state index contributed by atoms with van der Waals surface area (Å²) in [6.07, 6.45) is 4.50. The number of carbonyl (C=O) groups is 1. The Bertz CT molecular complexity index is 889. The lowest BCUT2D eigenvalue weighted by Crippen LogP contribution is -2.29. The molecule has 0 aliphatic carbocycles. The normalized spacial score (nSPS) is 10.3. The van der Waals surface area contributed by atoms with Gasteiger partial charge in [-0.1, -0.05) is 23.7 Å². The molecule has 3 aromatic rings. The molecule has 0 unspecified atom stereocenters. The van der Waals surface area contributed by atoms with Crippen LogP contribution in [0.2, 0.25) is 5.02 Å². The first-order valence-electron chi connectivity index (χ1n) is 8.95. The number of nitrogens with one attached hydrogen (secondary N) is 3. The molecule has 1 amide bonds. The van der Waals surface area contributed by atoms with Gasteiger partial charge in [0.1, 0.15) is 5.82 Å². The van der Waals surface area contributed by atoms with Crippen LogP contribution in [-0.4, -0.2) is 34.2 Å². The van der Waals surface area contributed by atoms with E-state index in [0.717, 1.165) is 11.3 Å². The SMILES string of the molecule is O=C(CCc1cccc(Cl)c1)NCCNc1ccc(Nc2ccncc2)nn1. The minimum Gasteiger partial charge on any atom is -0.367 e. The number of hydrogen-bond donors (Lipinski definition) is 3. The minimum atomic E-state index is 0.00441. The van der Waals surface area contributed by atoms with Gasteiger partial charge in [-0.2, -0.15) is 0 Å². The Morgan fingerprint density at radius 2 is 1.75 bits per heavy atom. The molecule has 7 nitrogen and oxygen atoms in total. The number of halogens is 1. The second-order valence-corrected chi connectivity index (χ2v) is 6.51. The molecule has 3 N–H and O–H groups in total. The predicted molar refractivity (Wildman–Crippen MR) is 111 cm³/mol. The Morgan fingerprint density at radius 3 is 2.50 bits per heavy atom. The van der Waals surface area contributed by atoms with Gasteiger partial charge in [0.05, 0.1) is 0 Å². The van der Waals surface area contributed by atoms with Crippen LogP contribution in [0.15, 0.2) is 60.9 Å². The van der Waals surface area contributed by atoms with Crippen molar-refractivity contribution in [1.82, 2.24) is 20.5 Å². The number of aryl methyl sites for hydroxylation is 1. The number of carbonyl (C=O) groups excluding carboxylic acids is 1. The van der Waals surface area contributed by atoms with Crippen LogP contribution in [0, 0.1) is 0 Å². The van der Waals surface area contributed by atoms with Gasteiger partial charge >= 0.3 is 0 Å². The highest BCUT2D eigenvalue weighted by Gasteiger charge is 2.03. The molecule has 0 atom stereocenters. The van der Waals surface area contributed by atoms with Crippen molar-refractivity contribution in [2.45, 2.75) is 12.8 Å². The monoisotopic (exact) mass is 396 g/mol. The number of benzene rings is 1. The molecular weight excluding hydrogens is 376 g/mol. The van der Waals surface area contributed by atoms with Crippen molar-refractivity contribution in [2.24, 2.45) is 0 Å². The van der Waals surface area contributed by atoms with Crippen LogP contribution in [0.5, 0.6) is 0 Å². The molecule has 0 aliphatic rings. The van der Waals surface area contributed by atoms with Gasteiger partial charge < -0.3 is 16.0 Å². The zero-order chi connectivity index (χ0) is 19.6. The molecule has 2 heterocycles. The first-order chi connectivity index (χ1) is 13.7. The van der Waals surface area contributed by atoms with Crippen LogP contribution >= 0.6 is 11.6 Å². The van der Waals surface area contributed by atoms with E-state index in [1.807, 2.05) is 48.5 Å². The fourth-order valence-electron chi connectivity index (χ4n) is 2.51. The van der Waals surface area contributed by atoms with Crippen LogP contribution in [-0.2, 0) is 11.2 Å². The maximum absolute atomic E-state index is 11.9. The summed E-state index contributed by atoms with van der Waals surface area (Å²) in [6.45, 7) is 1.07. The molecule has 28 heavy (non-hydrogen) atoms. The number of nitrogens with zero attached hydrogens (tertiary/aromatic N) is 3. The fraction of sp³-hybridized carbons (Fsp3) is 0.200. The topological polar surface area (TPSA) is 91.8 Å². The van der Waals surface area contributed by atoms with E-state index in [1.165, 1.54) is 0 Å². The van der Waals surface area contributed by atoms with Gasteiger partial charge in [-0.3, -0.25) is 9.78 Å². The molecule has 0 saturated carbocycles. The van der Waals surface area contributed by atoms with Crippen molar-refractivity contribution >= 4 is 34.8 Å². The highest BCUT2D eigenvalue weighted by molar-refractivity contribution is 6.30. The van der Waals surface area contributed by atoms with Gasteiger partial charge in [-0.25, -0.2) is 0 Å². The molecule has 3 rings (SSSR count). The van der Waals surface area contributed by atoms with E-state index in [1.54, 1.807) is 12.4 Å². The first-order valence-corrected chi connectivity index (χ1v) is 9.32. The lowest BCUT2D eigenvalue weighted by Gasteiger charge is -2.08. The van der Waals surface area contributed by atoms with Crippen molar-refractivity contribution in [2.75, 3.05) is 23.7 Å². The van der Waals surface area contributed by atoms with Gasteiger partial charge in [0, 0.05) is 42.6 Å². The summed E-state index contributed by atoms with van der Waals surface area (Å²) in [7, 11) is 0. The zero-order valence-electron chi connectivity index (χ0n) is 15.2. The molecule has 0 radical (unpaired) electrons. The Labute approximate surface area is 168 Å². The largest absolute Gasteiger partial charge is 0.367 e. The van der Waals surface area contributed by atoms with E-state index in [2.05, 4.69) is 31.1 Å². The third-order valence-corrected chi connectivity index (χ3v) is 4.14. The Morgan fingerprint density at radius 1 is 0.964 bits per heavy atom. The maximum atomic E-state index is 11.9. The number of pyridine rings is 1. The van der Waals surface area contributed by atoms with Gasteiger partial charge in [0.2, 0.25) is 5.91 Å². The minimum absolute atomic E-state index is 0.00441. The lowest BCUT2D eigenvalue weighted by molar-refractivity contribution is -0.120. The molecular formula is C20H21ClN6O. The molecule has 2 aromatic heterocycles. The standard InChI is InChI=1S/C20H21ClN6O/c21-16-3-1-2-15(14-16)4-7-20(28)24-13-12-23-18-5-6-19(27-26-18)25-17-8-10-22-11-9-17/h1-3,5-6,8-11,14H,4,7,12-13H2,(H,23,26)(H,24,28)(H,22,25,27). The number of rotatable bonds is 9. The van der Waals surface area contributed by atoms with E-state index in [0.29, 0.717) is 42.6 Å². The Kier molecular flexibility index (Phi) is 7.14. The van der Waals surface area contributed by atoms with Gasteiger partial charge in [-0.15, -0.1) is 10.2 Å². The smallest absolute Gasteiger partial charge is 0.220 e. The van der Waals surface area contributed by atoms with Gasteiger partial charge in [0.15, 0.2) is 5.82 Å². The quantitative estimate of drug-likeness (QED) is 0.480. The van der Waals surface area contributed by atoms with E-state index < -0.39 is 0 Å². The lowest BCUT2D eigenvalue weighted by atomic mass is 10.1. The second-order valence-electron chi connectivity index (χ2n) is 6.07. The molecule has 0 aliphatic heterocycles. The van der Waals surface area contributed by atoms with Crippen molar-refractivity contribution in [3.05, 3.63) is 71.5 Å². The van der Waals surface area contributed by atoms with Crippen molar-refractivity contribution in [1.29, 1.82) is 0 Å². The number of hydrogen-bond acceptors (Lipinski definition) is 6. The Hall–Kier alpha value is -3.19. The van der Waals surface area contributed by atoms with Crippen LogP contribution in [0.25, 0.3) is 0 Å². The van der Waals surface area contributed by atoms with Crippen molar-refractivity contribution in [3.8, 4) is 0 Å². The van der Waals surface area contributed by atoms with Crippen LogP contribution in [0.1, 0.15) is 12.0 Å². The van der Waals surface area contributed by atoms with Crippen LogP contribution in [0.3, 0.4) is 0 Å². The number of anilines is 3. The van der Waals surface area contributed by atoms with Gasteiger partial charge in [-0.05, 0) is 48.4 Å². The number of amides is 1. The highest BCUT2D eigenvalue weighted by Crippen LogP contribution is 2.13. The average Bonchev–Trinajstić information content (AvgIpc) is 2.72. The number of aromatic nitrogens is 3.